The zero-order valence-corrected chi connectivity index (χ0v) is 8.60. The van der Waals surface area contributed by atoms with Gasteiger partial charge in [0.05, 0.1) is 11.9 Å². The van der Waals surface area contributed by atoms with Crippen molar-refractivity contribution in [3.63, 3.8) is 0 Å². The predicted octanol–water partition coefficient (Wildman–Crippen LogP) is -1.08. The maximum absolute atomic E-state index is 10.9. The average Bonchev–Trinajstić information content (AvgIpc) is 1.95. The number of sulfone groups is 1. The van der Waals surface area contributed by atoms with Gasteiger partial charge in [0, 0.05) is 19.2 Å². The van der Waals surface area contributed by atoms with Gasteiger partial charge in [-0.25, -0.2) is 8.42 Å². The summed E-state index contributed by atoms with van der Waals surface area (Å²) in [4.78, 5) is 10.9. The fourth-order valence-corrected chi connectivity index (χ4v) is 1.18. The summed E-state index contributed by atoms with van der Waals surface area (Å²) < 4.78 is 21.3. The molecule has 78 valence electrons. The van der Waals surface area contributed by atoms with E-state index in [0.717, 1.165) is 6.26 Å². The van der Waals surface area contributed by atoms with Crippen molar-refractivity contribution in [2.24, 2.45) is 0 Å². The summed E-state index contributed by atoms with van der Waals surface area (Å²) in [6, 6.07) is 0. The van der Waals surface area contributed by atoms with Gasteiger partial charge in [-0.05, 0) is 6.92 Å². The molecule has 0 rings (SSSR count). The van der Waals surface area contributed by atoms with Crippen LogP contribution in [0.5, 0.6) is 0 Å². The fourth-order valence-electron chi connectivity index (χ4n) is 0.628. The molecule has 0 heterocycles. The van der Waals surface area contributed by atoms with Gasteiger partial charge < -0.3 is 10.4 Å². The Bertz CT molecular complexity index is 258. The van der Waals surface area contributed by atoms with Crippen LogP contribution >= 0.6 is 0 Å². The summed E-state index contributed by atoms with van der Waals surface area (Å²) in [5.74, 6) is -0.509. The van der Waals surface area contributed by atoms with Crippen LogP contribution in [-0.4, -0.2) is 44.1 Å². The molecule has 0 saturated carbocycles. The second kappa shape index (κ2) is 5.18. The van der Waals surface area contributed by atoms with Crippen LogP contribution < -0.4 is 5.32 Å². The molecule has 1 amide bonds. The molecule has 0 aromatic heterocycles. The SMILES string of the molecule is C[C@H](O)CNC(=O)CCS(C)(=O)=O. The molecule has 0 saturated heterocycles. The predicted molar refractivity (Wildman–Crippen MR) is 49.0 cm³/mol. The highest BCUT2D eigenvalue weighted by Gasteiger charge is 2.07. The van der Waals surface area contributed by atoms with Gasteiger partial charge in [0.2, 0.25) is 5.91 Å². The van der Waals surface area contributed by atoms with Gasteiger partial charge in [0.25, 0.3) is 0 Å². The zero-order valence-electron chi connectivity index (χ0n) is 7.78. The van der Waals surface area contributed by atoms with E-state index in [2.05, 4.69) is 5.32 Å². The number of carbonyl (C=O) groups is 1. The van der Waals surface area contributed by atoms with Gasteiger partial charge in [-0.3, -0.25) is 4.79 Å². The summed E-state index contributed by atoms with van der Waals surface area (Å²) in [6.07, 6.45) is 0.419. The molecule has 0 aliphatic heterocycles. The largest absolute Gasteiger partial charge is 0.392 e. The van der Waals surface area contributed by atoms with E-state index in [1.54, 1.807) is 0 Å². The summed E-state index contributed by atoms with van der Waals surface area (Å²) >= 11 is 0. The van der Waals surface area contributed by atoms with Crippen LogP contribution in [0.2, 0.25) is 0 Å². The first kappa shape index (κ1) is 12.4. The normalized spacial score (nSPS) is 13.8. The lowest BCUT2D eigenvalue weighted by Crippen LogP contribution is -2.31. The van der Waals surface area contributed by atoms with E-state index in [0.29, 0.717) is 0 Å². The third-order valence-corrected chi connectivity index (χ3v) is 2.24. The third-order valence-electron chi connectivity index (χ3n) is 1.29. The number of aliphatic hydroxyl groups excluding tert-OH is 1. The lowest BCUT2D eigenvalue weighted by atomic mass is 10.4. The van der Waals surface area contributed by atoms with Crippen molar-refractivity contribution in [3.05, 3.63) is 0 Å². The topological polar surface area (TPSA) is 83.5 Å². The van der Waals surface area contributed by atoms with Crippen molar-refractivity contribution in [1.29, 1.82) is 0 Å². The fraction of sp³-hybridized carbons (Fsp3) is 0.857. The number of hydrogen-bond donors (Lipinski definition) is 2. The Hall–Kier alpha value is -0.620. The molecule has 0 aliphatic rings. The molecule has 1 atom stereocenters. The summed E-state index contributed by atoms with van der Waals surface area (Å²) in [5.41, 5.74) is 0. The van der Waals surface area contributed by atoms with E-state index in [4.69, 9.17) is 5.11 Å². The van der Waals surface area contributed by atoms with Gasteiger partial charge in [-0.1, -0.05) is 0 Å². The minimum absolute atomic E-state index is 0.0500. The van der Waals surface area contributed by atoms with Crippen molar-refractivity contribution < 1.29 is 18.3 Å². The summed E-state index contributed by atoms with van der Waals surface area (Å²) in [5, 5.41) is 11.2. The van der Waals surface area contributed by atoms with E-state index in [-0.39, 0.29) is 24.6 Å². The van der Waals surface area contributed by atoms with Gasteiger partial charge in [0.15, 0.2) is 0 Å². The lowest BCUT2D eigenvalue weighted by Gasteiger charge is -2.05. The van der Waals surface area contributed by atoms with Crippen LogP contribution in [0.25, 0.3) is 0 Å². The highest BCUT2D eigenvalue weighted by molar-refractivity contribution is 7.90. The molecule has 0 aromatic carbocycles. The van der Waals surface area contributed by atoms with E-state index in [1.165, 1.54) is 6.92 Å². The second-order valence-corrected chi connectivity index (χ2v) is 5.29. The van der Waals surface area contributed by atoms with E-state index in [1.807, 2.05) is 0 Å². The molecule has 0 fully saturated rings. The van der Waals surface area contributed by atoms with Gasteiger partial charge in [-0.2, -0.15) is 0 Å². The Morgan fingerprint density at radius 2 is 2.08 bits per heavy atom. The molecule has 0 bridgehead atoms. The minimum atomic E-state index is -3.08. The zero-order chi connectivity index (χ0) is 10.5. The monoisotopic (exact) mass is 209 g/mol. The molecule has 0 aromatic rings. The average molecular weight is 209 g/mol. The number of hydrogen-bond acceptors (Lipinski definition) is 4. The number of amides is 1. The van der Waals surface area contributed by atoms with Crippen molar-refractivity contribution in [3.8, 4) is 0 Å². The Morgan fingerprint density at radius 1 is 1.54 bits per heavy atom. The third kappa shape index (κ3) is 9.29. The Kier molecular flexibility index (Phi) is 4.94. The summed E-state index contributed by atoms with van der Waals surface area (Å²) in [7, 11) is -3.08. The van der Waals surface area contributed by atoms with Crippen LogP contribution in [0.15, 0.2) is 0 Å². The molecule has 13 heavy (non-hydrogen) atoms. The highest BCUT2D eigenvalue weighted by atomic mass is 32.2. The highest BCUT2D eigenvalue weighted by Crippen LogP contribution is 1.88. The van der Waals surface area contributed by atoms with Crippen molar-refractivity contribution in [2.45, 2.75) is 19.4 Å². The standard InChI is InChI=1S/C7H15NO4S/c1-6(9)5-8-7(10)3-4-13(2,11)12/h6,9H,3-5H2,1-2H3,(H,8,10)/t6-/m0/s1. The van der Waals surface area contributed by atoms with Crippen LogP contribution in [0.1, 0.15) is 13.3 Å². The molecule has 0 unspecified atom stereocenters. The molecule has 2 N–H and O–H groups in total. The lowest BCUT2D eigenvalue weighted by molar-refractivity contribution is -0.121. The first-order valence-corrected chi connectivity index (χ1v) is 6.00. The van der Waals surface area contributed by atoms with Crippen LogP contribution in [-0.2, 0) is 14.6 Å². The number of carbonyl (C=O) groups excluding carboxylic acids is 1. The molecule has 6 heteroatoms. The van der Waals surface area contributed by atoms with Crippen molar-refractivity contribution in [1.82, 2.24) is 5.32 Å². The number of rotatable bonds is 5. The molecule has 5 nitrogen and oxygen atoms in total. The first-order chi connectivity index (χ1) is 5.81. The van der Waals surface area contributed by atoms with E-state index >= 15 is 0 Å². The van der Waals surface area contributed by atoms with Crippen LogP contribution in [0.4, 0.5) is 0 Å². The quantitative estimate of drug-likeness (QED) is 0.603. The Morgan fingerprint density at radius 3 is 2.46 bits per heavy atom. The number of nitrogens with one attached hydrogen (secondary N) is 1. The second-order valence-electron chi connectivity index (χ2n) is 3.03. The molecular weight excluding hydrogens is 194 g/mol. The van der Waals surface area contributed by atoms with Gasteiger partial charge >= 0.3 is 0 Å². The Labute approximate surface area is 78.1 Å². The van der Waals surface area contributed by atoms with E-state index < -0.39 is 15.9 Å². The van der Waals surface area contributed by atoms with Crippen LogP contribution in [0.3, 0.4) is 0 Å². The smallest absolute Gasteiger partial charge is 0.221 e. The van der Waals surface area contributed by atoms with E-state index in [9.17, 15) is 13.2 Å². The molecular formula is C7H15NO4S. The maximum Gasteiger partial charge on any atom is 0.221 e. The summed E-state index contributed by atoms with van der Waals surface area (Å²) in [6.45, 7) is 1.69. The molecule has 0 radical (unpaired) electrons. The minimum Gasteiger partial charge on any atom is -0.392 e. The maximum atomic E-state index is 10.9. The van der Waals surface area contributed by atoms with Crippen LogP contribution in [0, 0.1) is 0 Å². The van der Waals surface area contributed by atoms with Crippen molar-refractivity contribution in [2.75, 3.05) is 18.6 Å². The van der Waals surface area contributed by atoms with Gasteiger partial charge in [0.1, 0.15) is 9.84 Å². The number of aliphatic hydroxyl groups is 1. The molecule has 0 spiro atoms. The first-order valence-electron chi connectivity index (χ1n) is 3.94. The van der Waals surface area contributed by atoms with Gasteiger partial charge in [-0.15, -0.1) is 0 Å². The Balaban J connectivity index is 3.65. The molecule has 0 aliphatic carbocycles. The van der Waals surface area contributed by atoms with Crippen molar-refractivity contribution >= 4 is 15.7 Å².